The van der Waals surface area contributed by atoms with Gasteiger partial charge in [0.2, 0.25) is 0 Å². The van der Waals surface area contributed by atoms with Crippen LogP contribution < -0.4 is 5.73 Å². The Hall–Kier alpha value is -0.0800. The highest BCUT2D eigenvalue weighted by molar-refractivity contribution is 4.71. The highest BCUT2D eigenvalue weighted by atomic mass is 16.5. The molecule has 0 spiro atoms. The first-order valence-electron chi connectivity index (χ1n) is 6.16. The zero-order chi connectivity index (χ0) is 10.2. The van der Waals surface area contributed by atoms with E-state index in [1.54, 1.807) is 0 Å². The Balaban J connectivity index is 2.03. The second-order valence-electron chi connectivity index (χ2n) is 4.49. The third-order valence-corrected chi connectivity index (χ3v) is 3.20. The molecule has 0 amide bonds. The molecule has 1 unspecified atom stereocenters. The predicted molar refractivity (Wildman–Crippen MR) is 60.3 cm³/mol. The molecular weight excluding hydrogens is 174 g/mol. The molecule has 0 aromatic carbocycles. The summed E-state index contributed by atoms with van der Waals surface area (Å²) < 4.78 is 5.31. The summed E-state index contributed by atoms with van der Waals surface area (Å²) in [6.45, 7) is 3.69. The van der Waals surface area contributed by atoms with Crippen molar-refractivity contribution in [2.45, 2.75) is 57.9 Å². The summed E-state index contributed by atoms with van der Waals surface area (Å²) in [5.74, 6) is 0.903. The van der Waals surface area contributed by atoms with E-state index in [9.17, 15) is 0 Å². The van der Waals surface area contributed by atoms with Crippen LogP contribution in [0.4, 0.5) is 0 Å². The molecule has 0 heterocycles. The molecule has 0 saturated heterocycles. The lowest BCUT2D eigenvalue weighted by Gasteiger charge is -2.24. The van der Waals surface area contributed by atoms with Crippen molar-refractivity contribution in [3.05, 3.63) is 0 Å². The van der Waals surface area contributed by atoms with Gasteiger partial charge in [0.1, 0.15) is 0 Å². The number of hydrogen-bond acceptors (Lipinski definition) is 2. The first-order valence-corrected chi connectivity index (χ1v) is 6.16. The highest BCUT2D eigenvalue weighted by Crippen LogP contribution is 2.27. The maximum Gasteiger partial charge on any atom is 0.0480 e. The van der Waals surface area contributed by atoms with Crippen molar-refractivity contribution in [2.75, 3.05) is 13.2 Å². The molecule has 1 fully saturated rings. The van der Waals surface area contributed by atoms with Gasteiger partial charge in [0.05, 0.1) is 0 Å². The van der Waals surface area contributed by atoms with Gasteiger partial charge in [-0.3, -0.25) is 0 Å². The van der Waals surface area contributed by atoms with Crippen LogP contribution in [0, 0.1) is 5.92 Å². The molecule has 1 aliphatic rings. The second kappa shape index (κ2) is 7.24. The Morgan fingerprint density at radius 3 is 2.64 bits per heavy atom. The molecule has 2 nitrogen and oxygen atoms in total. The van der Waals surface area contributed by atoms with E-state index in [1.165, 1.54) is 38.5 Å². The summed E-state index contributed by atoms with van der Waals surface area (Å²) in [5.41, 5.74) is 6.07. The Labute approximate surface area is 88.2 Å². The van der Waals surface area contributed by atoms with Gasteiger partial charge in [-0.1, -0.05) is 32.1 Å². The number of ether oxygens (including phenoxy) is 1. The fourth-order valence-corrected chi connectivity index (χ4v) is 2.35. The van der Waals surface area contributed by atoms with E-state index in [-0.39, 0.29) is 0 Å². The molecule has 0 aromatic heterocycles. The first-order chi connectivity index (χ1) is 6.83. The highest BCUT2D eigenvalue weighted by Gasteiger charge is 2.16. The van der Waals surface area contributed by atoms with E-state index in [4.69, 9.17) is 10.5 Å². The fourth-order valence-electron chi connectivity index (χ4n) is 2.35. The zero-order valence-electron chi connectivity index (χ0n) is 9.50. The maximum atomic E-state index is 6.07. The van der Waals surface area contributed by atoms with Gasteiger partial charge in [-0.25, -0.2) is 0 Å². The van der Waals surface area contributed by atoms with Gasteiger partial charge in [-0.05, 0) is 25.7 Å². The van der Waals surface area contributed by atoms with Crippen LogP contribution in [0.15, 0.2) is 0 Å². The summed E-state index contributed by atoms with van der Waals surface area (Å²) in [6.07, 6.45) is 9.33. The van der Waals surface area contributed by atoms with E-state index in [0.717, 1.165) is 25.6 Å². The Morgan fingerprint density at radius 2 is 2.00 bits per heavy atom. The van der Waals surface area contributed by atoms with Crippen LogP contribution in [-0.2, 0) is 4.74 Å². The maximum absolute atomic E-state index is 6.07. The third kappa shape index (κ3) is 4.97. The average Bonchev–Trinajstić information content (AvgIpc) is 2.20. The Bertz CT molecular complexity index is 132. The number of rotatable bonds is 6. The molecule has 0 aliphatic heterocycles. The quantitative estimate of drug-likeness (QED) is 0.668. The topological polar surface area (TPSA) is 35.2 Å². The predicted octanol–water partition coefficient (Wildman–Crippen LogP) is 2.71. The van der Waals surface area contributed by atoms with Gasteiger partial charge in [0.25, 0.3) is 0 Å². The molecule has 0 aromatic rings. The normalized spacial score (nSPS) is 21.0. The summed E-state index contributed by atoms with van der Waals surface area (Å²) in [7, 11) is 0. The minimum atomic E-state index is 0.365. The summed E-state index contributed by atoms with van der Waals surface area (Å²) in [6, 6.07) is 0.365. The van der Waals surface area contributed by atoms with Crippen molar-refractivity contribution < 1.29 is 4.74 Å². The van der Waals surface area contributed by atoms with Gasteiger partial charge in [0, 0.05) is 19.3 Å². The molecule has 1 saturated carbocycles. The van der Waals surface area contributed by atoms with Gasteiger partial charge in [-0.2, -0.15) is 0 Å². The van der Waals surface area contributed by atoms with Crippen LogP contribution in [0.3, 0.4) is 0 Å². The van der Waals surface area contributed by atoms with Crippen LogP contribution in [0.1, 0.15) is 51.9 Å². The molecule has 0 bridgehead atoms. The zero-order valence-corrected chi connectivity index (χ0v) is 9.50. The van der Waals surface area contributed by atoms with Crippen molar-refractivity contribution in [1.82, 2.24) is 0 Å². The summed E-state index contributed by atoms with van der Waals surface area (Å²) in [5, 5.41) is 0. The smallest absolute Gasteiger partial charge is 0.0480 e. The lowest BCUT2D eigenvalue weighted by atomic mass is 9.84. The molecule has 1 atom stereocenters. The van der Waals surface area contributed by atoms with Gasteiger partial charge in [-0.15, -0.1) is 0 Å². The minimum Gasteiger partial charge on any atom is -0.382 e. The largest absolute Gasteiger partial charge is 0.382 e. The van der Waals surface area contributed by atoms with Crippen molar-refractivity contribution in [3.63, 3.8) is 0 Å². The molecular formula is C12H25NO. The minimum absolute atomic E-state index is 0.365. The summed E-state index contributed by atoms with van der Waals surface area (Å²) >= 11 is 0. The van der Waals surface area contributed by atoms with E-state index in [2.05, 4.69) is 0 Å². The molecule has 84 valence electrons. The molecule has 1 rings (SSSR count). The monoisotopic (exact) mass is 199 g/mol. The second-order valence-corrected chi connectivity index (χ2v) is 4.49. The van der Waals surface area contributed by atoms with Crippen LogP contribution in [0.25, 0.3) is 0 Å². The molecule has 2 N–H and O–H groups in total. The first kappa shape index (κ1) is 12.0. The van der Waals surface area contributed by atoms with Gasteiger partial charge in [0.15, 0.2) is 0 Å². The van der Waals surface area contributed by atoms with Crippen LogP contribution in [0.2, 0.25) is 0 Å². The SMILES string of the molecule is CCOCCC(N)CC1CCCCC1. The van der Waals surface area contributed by atoms with E-state index >= 15 is 0 Å². The standard InChI is InChI=1S/C12H25NO/c1-2-14-9-8-12(13)10-11-6-4-3-5-7-11/h11-12H,2-10,13H2,1H3. The Kier molecular flexibility index (Phi) is 6.20. The van der Waals surface area contributed by atoms with Gasteiger partial charge >= 0.3 is 0 Å². The fraction of sp³-hybridized carbons (Fsp3) is 1.00. The van der Waals surface area contributed by atoms with Crippen molar-refractivity contribution in [3.8, 4) is 0 Å². The average molecular weight is 199 g/mol. The van der Waals surface area contributed by atoms with Crippen molar-refractivity contribution in [1.29, 1.82) is 0 Å². The third-order valence-electron chi connectivity index (χ3n) is 3.20. The molecule has 0 radical (unpaired) electrons. The molecule has 14 heavy (non-hydrogen) atoms. The van der Waals surface area contributed by atoms with Crippen LogP contribution >= 0.6 is 0 Å². The number of hydrogen-bond donors (Lipinski definition) is 1. The Morgan fingerprint density at radius 1 is 1.29 bits per heavy atom. The lowest BCUT2D eigenvalue weighted by Crippen LogP contribution is -2.26. The van der Waals surface area contributed by atoms with E-state index in [0.29, 0.717) is 6.04 Å². The molecule has 1 aliphatic carbocycles. The van der Waals surface area contributed by atoms with Crippen molar-refractivity contribution >= 4 is 0 Å². The van der Waals surface area contributed by atoms with E-state index < -0.39 is 0 Å². The van der Waals surface area contributed by atoms with Crippen LogP contribution in [0.5, 0.6) is 0 Å². The molecule has 2 heteroatoms. The van der Waals surface area contributed by atoms with E-state index in [1.807, 2.05) is 6.92 Å². The lowest BCUT2D eigenvalue weighted by molar-refractivity contribution is 0.136. The van der Waals surface area contributed by atoms with Gasteiger partial charge < -0.3 is 10.5 Å². The van der Waals surface area contributed by atoms with Crippen LogP contribution in [-0.4, -0.2) is 19.3 Å². The summed E-state index contributed by atoms with van der Waals surface area (Å²) in [4.78, 5) is 0. The van der Waals surface area contributed by atoms with Crippen molar-refractivity contribution in [2.24, 2.45) is 11.7 Å². The number of nitrogens with two attached hydrogens (primary N) is 1.